The molecule has 0 unspecified atom stereocenters. The number of aromatic nitrogens is 4. The number of hydrogen-bond acceptors (Lipinski definition) is 6. The number of rotatable bonds is 4. The molecule has 2 aromatic heterocycles. The fraction of sp³-hybridized carbons (Fsp3) is 0.381. The SMILES string of the molecule is CC(C)(C)c1[nH]nc(N=Nc2c(N3CCCC3)[nH]n(-c3ccccc3)c2=O)c1C#N. The Morgan fingerprint density at radius 2 is 1.83 bits per heavy atom. The molecule has 30 heavy (non-hydrogen) atoms. The number of para-hydroxylation sites is 1. The Labute approximate surface area is 174 Å². The fourth-order valence-electron chi connectivity index (χ4n) is 3.58. The molecule has 4 rings (SSSR count). The molecule has 1 fully saturated rings. The van der Waals surface area contributed by atoms with Crippen LogP contribution in [0.15, 0.2) is 45.4 Å². The number of benzene rings is 1. The van der Waals surface area contributed by atoms with Gasteiger partial charge in [0.05, 0.1) is 11.4 Å². The van der Waals surface area contributed by atoms with E-state index in [0.29, 0.717) is 17.1 Å². The summed E-state index contributed by atoms with van der Waals surface area (Å²) in [5, 5.41) is 28.3. The first-order valence-corrected chi connectivity index (χ1v) is 9.96. The topological polar surface area (TPSA) is 118 Å². The van der Waals surface area contributed by atoms with Crippen LogP contribution in [0.4, 0.5) is 17.3 Å². The number of hydrogen-bond donors (Lipinski definition) is 2. The zero-order valence-corrected chi connectivity index (χ0v) is 17.3. The number of nitriles is 1. The van der Waals surface area contributed by atoms with Crippen molar-refractivity contribution in [1.29, 1.82) is 5.26 Å². The Balaban J connectivity index is 1.79. The normalized spacial score (nSPS) is 14.5. The zero-order chi connectivity index (χ0) is 21.3. The summed E-state index contributed by atoms with van der Waals surface area (Å²) in [6.45, 7) is 7.64. The Kier molecular flexibility index (Phi) is 4.99. The predicted molar refractivity (Wildman–Crippen MR) is 114 cm³/mol. The first-order chi connectivity index (χ1) is 14.4. The summed E-state index contributed by atoms with van der Waals surface area (Å²) < 4.78 is 1.47. The summed E-state index contributed by atoms with van der Waals surface area (Å²) >= 11 is 0. The lowest BCUT2D eigenvalue weighted by Crippen LogP contribution is -2.18. The van der Waals surface area contributed by atoms with E-state index in [1.54, 1.807) is 0 Å². The molecule has 0 saturated carbocycles. The van der Waals surface area contributed by atoms with Crippen molar-refractivity contribution in [2.45, 2.75) is 39.0 Å². The number of nitrogens with zero attached hydrogens (tertiary/aromatic N) is 6. The van der Waals surface area contributed by atoms with Crippen LogP contribution in [-0.4, -0.2) is 33.1 Å². The molecule has 0 radical (unpaired) electrons. The third-order valence-electron chi connectivity index (χ3n) is 5.14. The van der Waals surface area contributed by atoms with Gasteiger partial charge in [-0.05, 0) is 25.0 Å². The molecule has 0 aliphatic carbocycles. The average molecular weight is 404 g/mol. The van der Waals surface area contributed by atoms with Crippen molar-refractivity contribution in [1.82, 2.24) is 20.0 Å². The smallest absolute Gasteiger partial charge is 0.301 e. The Morgan fingerprint density at radius 3 is 2.47 bits per heavy atom. The van der Waals surface area contributed by atoms with Gasteiger partial charge in [0.1, 0.15) is 11.6 Å². The first-order valence-electron chi connectivity index (χ1n) is 9.96. The second-order valence-electron chi connectivity index (χ2n) is 8.34. The molecule has 1 saturated heterocycles. The van der Waals surface area contributed by atoms with Crippen molar-refractivity contribution >= 4 is 17.3 Å². The van der Waals surface area contributed by atoms with E-state index in [1.165, 1.54) is 4.68 Å². The maximum Gasteiger partial charge on any atom is 0.301 e. The molecule has 9 nitrogen and oxygen atoms in total. The second kappa shape index (κ2) is 7.63. The van der Waals surface area contributed by atoms with Gasteiger partial charge in [-0.25, -0.2) is 4.68 Å². The van der Waals surface area contributed by atoms with Gasteiger partial charge in [0.25, 0.3) is 0 Å². The van der Waals surface area contributed by atoms with Crippen molar-refractivity contribution in [3.63, 3.8) is 0 Å². The summed E-state index contributed by atoms with van der Waals surface area (Å²) in [5.74, 6) is 0.817. The lowest BCUT2D eigenvalue weighted by molar-refractivity contribution is 0.565. The molecule has 3 aromatic rings. The summed E-state index contributed by atoms with van der Waals surface area (Å²) in [4.78, 5) is 15.2. The van der Waals surface area contributed by atoms with Gasteiger partial charge in [0.15, 0.2) is 11.5 Å². The van der Waals surface area contributed by atoms with Crippen molar-refractivity contribution in [2.24, 2.45) is 10.2 Å². The summed E-state index contributed by atoms with van der Waals surface area (Å²) in [6, 6.07) is 11.5. The van der Waals surface area contributed by atoms with Crippen LogP contribution in [0.25, 0.3) is 5.69 Å². The highest BCUT2D eigenvalue weighted by Crippen LogP contribution is 2.32. The van der Waals surface area contributed by atoms with E-state index in [2.05, 4.69) is 36.5 Å². The molecular formula is C21H24N8O. The number of azo groups is 1. The molecule has 1 aromatic carbocycles. The Bertz CT molecular complexity index is 1160. The van der Waals surface area contributed by atoms with Gasteiger partial charge in [-0.1, -0.05) is 39.0 Å². The molecule has 0 amide bonds. The second-order valence-corrected chi connectivity index (χ2v) is 8.34. The van der Waals surface area contributed by atoms with Crippen molar-refractivity contribution < 1.29 is 0 Å². The quantitative estimate of drug-likeness (QED) is 0.637. The van der Waals surface area contributed by atoms with Gasteiger partial charge in [-0.2, -0.15) is 10.4 Å². The first kappa shape index (κ1) is 19.6. The van der Waals surface area contributed by atoms with Crippen LogP contribution in [-0.2, 0) is 5.41 Å². The van der Waals surface area contributed by atoms with Gasteiger partial charge in [-0.15, -0.1) is 10.2 Å². The lowest BCUT2D eigenvalue weighted by Gasteiger charge is -2.15. The van der Waals surface area contributed by atoms with Crippen LogP contribution in [0, 0.1) is 11.3 Å². The minimum absolute atomic E-state index is 0.182. The number of aromatic amines is 2. The summed E-state index contributed by atoms with van der Waals surface area (Å²) in [7, 11) is 0. The molecule has 2 N–H and O–H groups in total. The summed E-state index contributed by atoms with van der Waals surface area (Å²) in [5.41, 5.74) is 1.38. The molecule has 1 aliphatic heterocycles. The van der Waals surface area contributed by atoms with Gasteiger partial charge >= 0.3 is 5.56 Å². The van der Waals surface area contributed by atoms with Gasteiger partial charge in [0, 0.05) is 18.5 Å². The highest BCUT2D eigenvalue weighted by Gasteiger charge is 2.25. The van der Waals surface area contributed by atoms with E-state index < -0.39 is 0 Å². The fourth-order valence-corrected chi connectivity index (χ4v) is 3.58. The van der Waals surface area contributed by atoms with Crippen molar-refractivity contribution in [2.75, 3.05) is 18.0 Å². The Morgan fingerprint density at radius 1 is 1.13 bits per heavy atom. The van der Waals surface area contributed by atoms with Crippen LogP contribution < -0.4 is 10.5 Å². The third kappa shape index (κ3) is 3.52. The van der Waals surface area contributed by atoms with Crippen molar-refractivity contribution in [3.8, 4) is 11.8 Å². The van der Waals surface area contributed by atoms with E-state index >= 15 is 0 Å². The van der Waals surface area contributed by atoms with E-state index in [4.69, 9.17) is 0 Å². The standard InChI is InChI=1S/C21H24N8O/c1-21(2,3)17-15(13-22)18(26-24-17)25-23-16-19(28-11-7-8-12-28)27-29(20(16)30)14-9-5-4-6-10-14/h4-6,9-10,27H,7-8,11-12H2,1-3H3,(H,24,26). The van der Waals surface area contributed by atoms with Crippen LogP contribution >= 0.6 is 0 Å². The van der Waals surface area contributed by atoms with E-state index in [0.717, 1.165) is 31.6 Å². The highest BCUT2D eigenvalue weighted by atomic mass is 16.1. The number of nitrogens with one attached hydrogen (secondary N) is 2. The minimum Gasteiger partial charge on any atom is -0.355 e. The predicted octanol–water partition coefficient (Wildman–Crippen LogP) is 4.07. The molecule has 0 spiro atoms. The number of H-pyrrole nitrogens is 2. The Hall–Kier alpha value is -3.67. The number of anilines is 1. The van der Waals surface area contributed by atoms with Gasteiger partial charge < -0.3 is 4.90 Å². The third-order valence-corrected chi connectivity index (χ3v) is 5.14. The molecular weight excluding hydrogens is 380 g/mol. The molecule has 0 atom stereocenters. The maximum absolute atomic E-state index is 13.1. The largest absolute Gasteiger partial charge is 0.355 e. The minimum atomic E-state index is -0.295. The van der Waals surface area contributed by atoms with Crippen LogP contribution in [0.2, 0.25) is 0 Å². The summed E-state index contributed by atoms with van der Waals surface area (Å²) in [6.07, 6.45) is 2.12. The maximum atomic E-state index is 13.1. The lowest BCUT2D eigenvalue weighted by atomic mass is 9.90. The zero-order valence-electron chi connectivity index (χ0n) is 17.3. The van der Waals surface area contributed by atoms with Crippen molar-refractivity contribution in [3.05, 3.63) is 51.9 Å². The van der Waals surface area contributed by atoms with Crippen LogP contribution in [0.5, 0.6) is 0 Å². The van der Waals surface area contributed by atoms with Gasteiger partial charge in [-0.3, -0.25) is 15.0 Å². The molecule has 154 valence electrons. The van der Waals surface area contributed by atoms with Gasteiger partial charge in [0.2, 0.25) is 5.82 Å². The highest BCUT2D eigenvalue weighted by molar-refractivity contribution is 5.63. The van der Waals surface area contributed by atoms with Crippen LogP contribution in [0.3, 0.4) is 0 Å². The van der Waals surface area contributed by atoms with E-state index in [9.17, 15) is 10.1 Å². The molecule has 1 aliphatic rings. The monoisotopic (exact) mass is 404 g/mol. The average Bonchev–Trinajstić information content (AvgIpc) is 3.45. The van der Waals surface area contributed by atoms with E-state index in [-0.39, 0.29) is 22.5 Å². The molecule has 9 heteroatoms. The molecule has 0 bridgehead atoms. The van der Waals surface area contributed by atoms with E-state index in [1.807, 2.05) is 51.1 Å². The van der Waals surface area contributed by atoms with Crippen LogP contribution in [0.1, 0.15) is 44.9 Å². The molecule has 3 heterocycles.